The third-order valence-electron chi connectivity index (χ3n) is 4.82. The minimum absolute atomic E-state index is 0.115. The standard InChI is InChI=1S/C16H28N3O18P3/c17-2-4-33-6-5-32-3-1-11(20)19-7-9(15(23)18-16(19)24)14-13(22)12(21)10(35-14)8-34-39(28,29)37-40(30,31)36-38(25,26)27/h7,10,12-14,21-22H,1-6,8,17H2,(H,28,29)(H,30,31)(H,18,23,24)(H2,25,26,27)/t10-,12-,13-,14+/m1/s1. The number of aliphatic hydroxyl groups excluding tert-OH is 2. The number of rotatable bonds is 16. The van der Waals surface area contributed by atoms with E-state index in [1.165, 1.54) is 0 Å². The first-order valence-electron chi connectivity index (χ1n) is 11.0. The number of hydrogen-bond donors (Lipinski definition) is 8. The zero-order chi connectivity index (χ0) is 30.3. The lowest BCUT2D eigenvalue weighted by Gasteiger charge is -2.19. The van der Waals surface area contributed by atoms with Gasteiger partial charge in [-0.2, -0.15) is 8.62 Å². The summed E-state index contributed by atoms with van der Waals surface area (Å²) in [5.41, 5.74) is 2.53. The summed E-state index contributed by atoms with van der Waals surface area (Å²) in [6.45, 7) is -0.254. The summed E-state index contributed by atoms with van der Waals surface area (Å²) in [6, 6.07) is 0. The van der Waals surface area contributed by atoms with Crippen LogP contribution in [0.15, 0.2) is 15.8 Å². The van der Waals surface area contributed by atoms with Crippen molar-refractivity contribution in [1.29, 1.82) is 0 Å². The van der Waals surface area contributed by atoms with Gasteiger partial charge in [0.1, 0.15) is 24.4 Å². The fraction of sp³-hybridized carbons (Fsp3) is 0.688. The molecule has 0 spiro atoms. The van der Waals surface area contributed by atoms with Gasteiger partial charge in [0.25, 0.3) is 5.56 Å². The van der Waals surface area contributed by atoms with E-state index in [0.717, 1.165) is 6.20 Å². The largest absolute Gasteiger partial charge is 0.490 e. The Labute approximate surface area is 223 Å². The summed E-state index contributed by atoms with van der Waals surface area (Å²) >= 11 is 0. The summed E-state index contributed by atoms with van der Waals surface area (Å²) < 4.78 is 61.5. The zero-order valence-corrected chi connectivity index (χ0v) is 23.0. The van der Waals surface area contributed by atoms with Gasteiger partial charge in [0, 0.05) is 12.7 Å². The Morgan fingerprint density at radius 3 is 2.20 bits per heavy atom. The number of nitrogens with zero attached hydrogens (tertiary/aromatic N) is 1. The Hall–Kier alpha value is -1.48. The van der Waals surface area contributed by atoms with Gasteiger partial charge in [-0.25, -0.2) is 23.1 Å². The van der Waals surface area contributed by atoms with Crippen LogP contribution < -0.4 is 17.0 Å². The van der Waals surface area contributed by atoms with E-state index in [4.69, 9.17) is 29.7 Å². The van der Waals surface area contributed by atoms with E-state index in [1.54, 1.807) is 0 Å². The molecule has 2 heterocycles. The van der Waals surface area contributed by atoms with Gasteiger partial charge in [0.2, 0.25) is 5.91 Å². The summed E-state index contributed by atoms with van der Waals surface area (Å²) in [6.07, 6.45) is -6.77. The molecule has 1 aromatic rings. The molecule has 1 saturated heterocycles. The van der Waals surface area contributed by atoms with E-state index in [1.807, 2.05) is 4.98 Å². The summed E-state index contributed by atoms with van der Waals surface area (Å²) in [5, 5.41) is 20.6. The number of phosphoric acid groups is 3. The van der Waals surface area contributed by atoms with Crippen molar-refractivity contribution in [2.24, 2.45) is 5.73 Å². The molecular formula is C16H28N3O18P3. The number of phosphoric ester groups is 1. The maximum Gasteiger partial charge on any atom is 0.490 e. The Balaban J connectivity index is 2.06. The second-order valence-electron chi connectivity index (χ2n) is 7.83. The Morgan fingerprint density at radius 2 is 1.60 bits per heavy atom. The van der Waals surface area contributed by atoms with Crippen LogP contribution in [0.1, 0.15) is 22.9 Å². The molecule has 40 heavy (non-hydrogen) atoms. The van der Waals surface area contributed by atoms with E-state index in [-0.39, 0.29) is 26.2 Å². The average Bonchev–Trinajstić information content (AvgIpc) is 3.08. The van der Waals surface area contributed by atoms with Crippen LogP contribution in [0.5, 0.6) is 0 Å². The van der Waals surface area contributed by atoms with Crippen molar-refractivity contribution in [1.82, 2.24) is 9.55 Å². The lowest BCUT2D eigenvalue weighted by Crippen LogP contribution is -2.38. The highest BCUT2D eigenvalue weighted by molar-refractivity contribution is 7.66. The molecule has 9 N–H and O–H groups in total. The van der Waals surface area contributed by atoms with Crippen LogP contribution >= 0.6 is 23.5 Å². The molecule has 2 unspecified atom stereocenters. The predicted octanol–water partition coefficient (Wildman–Crippen LogP) is -2.94. The van der Waals surface area contributed by atoms with Gasteiger partial charge in [-0.15, -0.1) is 0 Å². The van der Waals surface area contributed by atoms with Crippen LogP contribution in [-0.2, 0) is 41.1 Å². The second kappa shape index (κ2) is 14.6. The van der Waals surface area contributed by atoms with Gasteiger partial charge in [-0.3, -0.25) is 19.1 Å². The number of nitrogens with two attached hydrogens (primary N) is 1. The van der Waals surface area contributed by atoms with Gasteiger partial charge in [0.15, 0.2) is 0 Å². The van der Waals surface area contributed by atoms with Crippen molar-refractivity contribution in [3.63, 3.8) is 0 Å². The second-order valence-corrected chi connectivity index (χ2v) is 12.3. The van der Waals surface area contributed by atoms with Crippen molar-refractivity contribution >= 4 is 29.4 Å². The maximum absolute atomic E-state index is 12.5. The molecule has 1 fully saturated rings. The molecule has 6 atom stereocenters. The molecule has 0 amide bonds. The van der Waals surface area contributed by atoms with Crippen molar-refractivity contribution in [2.75, 3.05) is 39.6 Å². The number of carbonyl (C=O) groups is 1. The third kappa shape index (κ3) is 10.7. The highest BCUT2D eigenvalue weighted by atomic mass is 31.3. The quantitative estimate of drug-likeness (QED) is 0.0659. The van der Waals surface area contributed by atoms with Crippen molar-refractivity contribution in [3.8, 4) is 0 Å². The van der Waals surface area contributed by atoms with Crippen molar-refractivity contribution < 1.29 is 75.6 Å². The van der Waals surface area contributed by atoms with Crippen LogP contribution in [0.25, 0.3) is 0 Å². The molecule has 2 rings (SSSR count). The van der Waals surface area contributed by atoms with Crippen LogP contribution in [0, 0.1) is 0 Å². The summed E-state index contributed by atoms with van der Waals surface area (Å²) in [4.78, 5) is 74.6. The number of H-pyrrole nitrogens is 1. The first kappa shape index (κ1) is 34.7. The monoisotopic (exact) mass is 643 g/mol. The molecule has 0 bridgehead atoms. The van der Waals surface area contributed by atoms with E-state index in [2.05, 4.69) is 13.1 Å². The average molecular weight is 643 g/mol. The number of aromatic nitrogens is 2. The number of ether oxygens (including phenoxy) is 3. The van der Waals surface area contributed by atoms with Crippen LogP contribution in [0.3, 0.4) is 0 Å². The maximum atomic E-state index is 12.5. The van der Waals surface area contributed by atoms with E-state index >= 15 is 0 Å². The topological polar surface area (TPSA) is 326 Å². The predicted molar refractivity (Wildman–Crippen MR) is 127 cm³/mol. The van der Waals surface area contributed by atoms with Gasteiger partial charge >= 0.3 is 29.2 Å². The molecule has 1 aliphatic rings. The Bertz CT molecular complexity index is 1280. The highest BCUT2D eigenvalue weighted by Crippen LogP contribution is 2.66. The first-order chi connectivity index (χ1) is 18.5. The molecule has 1 aromatic heterocycles. The summed E-state index contributed by atoms with van der Waals surface area (Å²) in [5.74, 6) is -0.817. The minimum atomic E-state index is -5.81. The zero-order valence-electron chi connectivity index (χ0n) is 20.3. The number of carbonyl (C=O) groups excluding carboxylic acids is 1. The Kier molecular flexibility index (Phi) is 12.7. The van der Waals surface area contributed by atoms with Gasteiger partial charge in [-0.1, -0.05) is 0 Å². The molecule has 0 radical (unpaired) electrons. The first-order valence-corrected chi connectivity index (χ1v) is 15.5. The van der Waals surface area contributed by atoms with Crippen LogP contribution in [0.2, 0.25) is 0 Å². The SMILES string of the molecule is NCCOCCOCCC(=O)n1cc([C@@H]2O[C@H](COP(=O)(O)OP(=O)(O)OP(=O)(O)O)[C@@H](O)[C@H]2O)c(=O)[nH]c1=O. The van der Waals surface area contributed by atoms with Crippen LogP contribution in [-0.4, -0.2) is 103 Å². The minimum Gasteiger partial charge on any atom is -0.387 e. The smallest absolute Gasteiger partial charge is 0.387 e. The molecule has 1 aliphatic heterocycles. The van der Waals surface area contributed by atoms with Gasteiger partial charge < -0.3 is 49.7 Å². The lowest BCUT2D eigenvalue weighted by atomic mass is 10.0. The van der Waals surface area contributed by atoms with Gasteiger partial charge in [0.05, 0.1) is 45.0 Å². The molecule has 0 aliphatic carbocycles. The van der Waals surface area contributed by atoms with Crippen molar-refractivity contribution in [3.05, 3.63) is 32.6 Å². The number of aromatic amines is 1. The fourth-order valence-corrected chi connectivity index (χ4v) is 6.20. The lowest BCUT2D eigenvalue weighted by molar-refractivity contribution is -0.0228. The molecule has 0 saturated carbocycles. The molecule has 230 valence electrons. The number of hydrogen-bond acceptors (Lipinski definition) is 15. The van der Waals surface area contributed by atoms with E-state index in [9.17, 15) is 48.1 Å². The molecule has 21 nitrogen and oxygen atoms in total. The number of aliphatic hydroxyl groups is 2. The normalized spacial score (nSPS) is 24.5. The van der Waals surface area contributed by atoms with Crippen molar-refractivity contribution in [2.45, 2.75) is 30.8 Å². The molecule has 0 aromatic carbocycles. The van der Waals surface area contributed by atoms with E-state index in [0.29, 0.717) is 17.7 Å². The van der Waals surface area contributed by atoms with Crippen LogP contribution in [0.4, 0.5) is 0 Å². The molecule has 24 heteroatoms. The third-order valence-corrected chi connectivity index (χ3v) is 8.62. The summed E-state index contributed by atoms with van der Waals surface area (Å²) in [7, 11) is -17.0. The molecular weight excluding hydrogens is 615 g/mol. The van der Waals surface area contributed by atoms with E-state index < -0.39 is 77.2 Å². The highest BCUT2D eigenvalue weighted by Gasteiger charge is 2.47. The van der Waals surface area contributed by atoms with Gasteiger partial charge in [-0.05, 0) is 0 Å². The fourth-order valence-electron chi connectivity index (χ4n) is 3.17. The Morgan fingerprint density at radius 1 is 0.975 bits per heavy atom. The number of nitrogens with one attached hydrogen (secondary N) is 1.